The Labute approximate surface area is 62.6 Å². The van der Waals surface area contributed by atoms with Gasteiger partial charge in [-0.1, -0.05) is 19.9 Å². The van der Waals surface area contributed by atoms with E-state index in [1.807, 2.05) is 0 Å². The maximum Gasteiger partial charge on any atom is 0.0204 e. The third kappa shape index (κ3) is 4.27. The molecule has 0 aliphatic carbocycles. The maximum absolute atomic E-state index is 6.85. The first-order valence-corrected chi connectivity index (χ1v) is 3.64. The predicted molar refractivity (Wildman–Crippen MR) is 45.4 cm³/mol. The van der Waals surface area contributed by atoms with Gasteiger partial charge in [-0.15, -0.1) is 0 Å². The van der Waals surface area contributed by atoms with Gasteiger partial charge in [0.05, 0.1) is 0 Å². The van der Waals surface area contributed by atoms with Gasteiger partial charge in [0.1, 0.15) is 0 Å². The molecule has 2 nitrogen and oxygen atoms in total. The monoisotopic (exact) mass is 140 g/mol. The molecule has 0 bridgehead atoms. The minimum Gasteiger partial charge on any atom is -0.327 e. The van der Waals surface area contributed by atoms with Gasteiger partial charge in [-0.3, -0.25) is 0 Å². The second kappa shape index (κ2) is 5.18. The standard InChI is InChI=1S/C8H16N2/c1-3-4-8(10)5-7(2)6-9/h6,8-9H,2-5,10H2,1H3. The van der Waals surface area contributed by atoms with E-state index >= 15 is 0 Å². The van der Waals surface area contributed by atoms with Gasteiger partial charge in [0.25, 0.3) is 0 Å². The first kappa shape index (κ1) is 9.37. The lowest BCUT2D eigenvalue weighted by atomic mass is 10.1. The van der Waals surface area contributed by atoms with Crippen LogP contribution in [0.15, 0.2) is 12.2 Å². The topological polar surface area (TPSA) is 49.9 Å². The Hall–Kier alpha value is -0.630. The number of rotatable bonds is 5. The molecule has 0 fully saturated rings. The summed E-state index contributed by atoms with van der Waals surface area (Å²) in [4.78, 5) is 0. The number of hydrogen-bond acceptors (Lipinski definition) is 2. The summed E-state index contributed by atoms with van der Waals surface area (Å²) in [6, 6.07) is 0.194. The van der Waals surface area contributed by atoms with Gasteiger partial charge in [0.2, 0.25) is 0 Å². The molecule has 2 heteroatoms. The zero-order chi connectivity index (χ0) is 7.98. The number of nitrogens with one attached hydrogen (secondary N) is 1. The van der Waals surface area contributed by atoms with Crippen molar-refractivity contribution < 1.29 is 0 Å². The summed E-state index contributed by atoms with van der Waals surface area (Å²) in [5, 5.41) is 6.85. The molecule has 0 aliphatic heterocycles. The van der Waals surface area contributed by atoms with Crippen molar-refractivity contribution in [2.45, 2.75) is 32.2 Å². The first-order chi connectivity index (χ1) is 4.70. The predicted octanol–water partition coefficient (Wildman–Crippen LogP) is 1.71. The zero-order valence-corrected chi connectivity index (χ0v) is 6.56. The van der Waals surface area contributed by atoms with E-state index in [9.17, 15) is 0 Å². The lowest BCUT2D eigenvalue weighted by Crippen LogP contribution is -2.19. The van der Waals surface area contributed by atoms with Crippen LogP contribution in [-0.2, 0) is 0 Å². The Balaban J connectivity index is 3.46. The maximum atomic E-state index is 6.85. The minimum absolute atomic E-state index is 0.194. The molecule has 1 unspecified atom stereocenters. The van der Waals surface area contributed by atoms with Crippen molar-refractivity contribution in [3.63, 3.8) is 0 Å². The molecular weight excluding hydrogens is 124 g/mol. The largest absolute Gasteiger partial charge is 0.327 e. The van der Waals surface area contributed by atoms with Gasteiger partial charge in [-0.2, -0.15) is 0 Å². The van der Waals surface area contributed by atoms with Gasteiger partial charge in [0, 0.05) is 12.3 Å². The fourth-order valence-electron chi connectivity index (χ4n) is 0.869. The smallest absolute Gasteiger partial charge is 0.0204 e. The summed E-state index contributed by atoms with van der Waals surface area (Å²) >= 11 is 0. The molecule has 0 spiro atoms. The van der Waals surface area contributed by atoms with Gasteiger partial charge >= 0.3 is 0 Å². The van der Waals surface area contributed by atoms with Crippen molar-refractivity contribution in [3.8, 4) is 0 Å². The van der Waals surface area contributed by atoms with Crippen LogP contribution in [-0.4, -0.2) is 12.3 Å². The third-order valence-electron chi connectivity index (χ3n) is 1.39. The summed E-state index contributed by atoms with van der Waals surface area (Å²) in [6.07, 6.45) is 4.16. The van der Waals surface area contributed by atoms with Crippen LogP contribution in [0.3, 0.4) is 0 Å². The molecule has 0 aromatic rings. The van der Waals surface area contributed by atoms with Gasteiger partial charge in [-0.05, 0) is 18.4 Å². The average Bonchev–Trinajstić information content (AvgIpc) is 1.88. The van der Waals surface area contributed by atoms with E-state index in [1.54, 1.807) is 0 Å². The normalized spacial score (nSPS) is 12.6. The molecule has 10 heavy (non-hydrogen) atoms. The zero-order valence-electron chi connectivity index (χ0n) is 6.56. The lowest BCUT2D eigenvalue weighted by molar-refractivity contribution is 0.606. The summed E-state index contributed by atoms with van der Waals surface area (Å²) in [5.74, 6) is 0. The van der Waals surface area contributed by atoms with Crippen LogP contribution in [0.25, 0.3) is 0 Å². The average molecular weight is 140 g/mol. The van der Waals surface area contributed by atoms with Crippen LogP contribution in [0.4, 0.5) is 0 Å². The van der Waals surface area contributed by atoms with Crippen molar-refractivity contribution in [2.75, 3.05) is 0 Å². The molecule has 0 saturated carbocycles. The Morgan fingerprint density at radius 2 is 2.40 bits per heavy atom. The van der Waals surface area contributed by atoms with Crippen LogP contribution in [0, 0.1) is 5.41 Å². The molecule has 0 aromatic heterocycles. The summed E-state index contributed by atoms with van der Waals surface area (Å²) in [7, 11) is 0. The number of nitrogens with two attached hydrogens (primary N) is 1. The van der Waals surface area contributed by atoms with E-state index in [0.717, 1.165) is 24.8 Å². The molecule has 0 radical (unpaired) electrons. The van der Waals surface area contributed by atoms with E-state index in [2.05, 4.69) is 13.5 Å². The highest BCUT2D eigenvalue weighted by Crippen LogP contribution is 2.03. The second-order valence-corrected chi connectivity index (χ2v) is 2.56. The third-order valence-corrected chi connectivity index (χ3v) is 1.39. The molecule has 0 rings (SSSR count). The Morgan fingerprint density at radius 1 is 1.80 bits per heavy atom. The van der Waals surface area contributed by atoms with Gasteiger partial charge < -0.3 is 11.1 Å². The van der Waals surface area contributed by atoms with Crippen LogP contribution in [0.2, 0.25) is 0 Å². The molecule has 3 N–H and O–H groups in total. The molecule has 0 aromatic carbocycles. The van der Waals surface area contributed by atoms with Crippen molar-refractivity contribution in [1.29, 1.82) is 5.41 Å². The Bertz CT molecular complexity index is 118. The fraction of sp³-hybridized carbons (Fsp3) is 0.625. The van der Waals surface area contributed by atoms with E-state index in [0.29, 0.717) is 0 Å². The first-order valence-electron chi connectivity index (χ1n) is 3.64. The van der Waals surface area contributed by atoms with Crippen LogP contribution >= 0.6 is 0 Å². The van der Waals surface area contributed by atoms with Gasteiger partial charge in [0.15, 0.2) is 0 Å². The van der Waals surface area contributed by atoms with Gasteiger partial charge in [-0.25, -0.2) is 0 Å². The number of hydrogen-bond donors (Lipinski definition) is 2. The lowest BCUT2D eigenvalue weighted by Gasteiger charge is -2.08. The fourth-order valence-corrected chi connectivity index (χ4v) is 0.869. The quantitative estimate of drug-likeness (QED) is 0.561. The van der Waals surface area contributed by atoms with E-state index in [4.69, 9.17) is 11.1 Å². The van der Waals surface area contributed by atoms with E-state index < -0.39 is 0 Å². The molecule has 0 heterocycles. The van der Waals surface area contributed by atoms with E-state index in [1.165, 1.54) is 6.21 Å². The summed E-state index contributed by atoms with van der Waals surface area (Å²) in [6.45, 7) is 5.78. The van der Waals surface area contributed by atoms with Crippen LogP contribution in [0.1, 0.15) is 26.2 Å². The molecule has 58 valence electrons. The highest BCUT2D eigenvalue weighted by Gasteiger charge is 2.00. The van der Waals surface area contributed by atoms with Crippen molar-refractivity contribution >= 4 is 6.21 Å². The Kier molecular flexibility index (Phi) is 4.85. The van der Waals surface area contributed by atoms with Crippen molar-refractivity contribution in [3.05, 3.63) is 12.2 Å². The summed E-state index contributed by atoms with van der Waals surface area (Å²) < 4.78 is 0. The minimum atomic E-state index is 0.194. The molecule has 0 saturated heterocycles. The van der Waals surface area contributed by atoms with Crippen LogP contribution < -0.4 is 5.73 Å². The Morgan fingerprint density at radius 3 is 2.80 bits per heavy atom. The highest BCUT2D eigenvalue weighted by molar-refractivity contribution is 5.74. The molecule has 0 aliphatic rings. The van der Waals surface area contributed by atoms with Crippen molar-refractivity contribution in [2.24, 2.45) is 5.73 Å². The highest BCUT2D eigenvalue weighted by atomic mass is 14.6. The SMILES string of the molecule is C=C(C=N)CC(N)CCC. The van der Waals surface area contributed by atoms with Crippen molar-refractivity contribution in [1.82, 2.24) is 0 Å². The van der Waals surface area contributed by atoms with Crippen LogP contribution in [0.5, 0.6) is 0 Å². The molecule has 0 amide bonds. The molecular formula is C8H16N2. The second-order valence-electron chi connectivity index (χ2n) is 2.56. The summed E-state index contributed by atoms with van der Waals surface area (Å²) in [5.41, 5.74) is 6.52. The molecule has 1 atom stereocenters. The van der Waals surface area contributed by atoms with E-state index in [-0.39, 0.29) is 6.04 Å².